The van der Waals surface area contributed by atoms with Crippen LogP contribution in [0.1, 0.15) is 30.1 Å². The largest absolute Gasteiger partial charge is 0.398 e. The van der Waals surface area contributed by atoms with E-state index in [2.05, 4.69) is 0 Å². The van der Waals surface area contributed by atoms with Gasteiger partial charge in [-0.3, -0.25) is 4.79 Å². The quantitative estimate of drug-likeness (QED) is 0.783. The third-order valence-electron chi connectivity index (χ3n) is 3.28. The lowest BCUT2D eigenvalue weighted by atomic mass is 10.1. The summed E-state index contributed by atoms with van der Waals surface area (Å²) in [5.74, 6) is -0.393. The first-order chi connectivity index (χ1) is 8.52. The molecule has 1 fully saturated rings. The lowest BCUT2D eigenvalue weighted by Gasteiger charge is -2.24. The van der Waals surface area contributed by atoms with Gasteiger partial charge in [0.25, 0.3) is 5.91 Å². The number of rotatable bonds is 5. The van der Waals surface area contributed by atoms with Crippen LogP contribution in [0, 0.1) is 11.7 Å². The van der Waals surface area contributed by atoms with Crippen LogP contribution < -0.4 is 16.4 Å². The highest BCUT2D eigenvalue weighted by atomic mass is 19.1. The molecule has 0 saturated heterocycles. The average Bonchev–Trinajstić information content (AvgIpc) is 3.10. The molecule has 5 heteroatoms. The fourth-order valence-electron chi connectivity index (χ4n) is 2.04. The molecule has 0 bridgehead atoms. The van der Waals surface area contributed by atoms with E-state index in [-0.39, 0.29) is 11.3 Å². The number of amides is 1. The molecule has 1 aromatic carbocycles. The van der Waals surface area contributed by atoms with Gasteiger partial charge in [-0.1, -0.05) is 0 Å². The summed E-state index contributed by atoms with van der Waals surface area (Å²) in [4.78, 5) is 13.2. The summed E-state index contributed by atoms with van der Waals surface area (Å²) in [6.07, 6.45) is 2.38. The predicted molar refractivity (Wildman–Crippen MR) is 69.9 cm³/mol. The first-order valence-corrected chi connectivity index (χ1v) is 6.16. The highest BCUT2D eigenvalue weighted by Crippen LogP contribution is 2.33. The Morgan fingerprint density at radius 2 is 2.17 bits per heavy atom. The van der Waals surface area contributed by atoms with Crippen molar-refractivity contribution in [2.45, 2.75) is 19.8 Å². The second kappa shape index (κ2) is 4.84. The Bertz CT molecular complexity index is 472. The first-order valence-electron chi connectivity index (χ1n) is 6.16. The van der Waals surface area contributed by atoms with E-state index in [1.807, 2.05) is 11.8 Å². The first kappa shape index (κ1) is 12.7. The Morgan fingerprint density at radius 3 is 2.67 bits per heavy atom. The lowest BCUT2D eigenvalue weighted by molar-refractivity contribution is 0.100. The van der Waals surface area contributed by atoms with E-state index in [0.29, 0.717) is 18.2 Å². The van der Waals surface area contributed by atoms with Crippen LogP contribution in [0.5, 0.6) is 0 Å². The number of nitrogens with zero attached hydrogens (tertiary/aromatic N) is 1. The van der Waals surface area contributed by atoms with Gasteiger partial charge in [0.1, 0.15) is 5.82 Å². The molecule has 0 unspecified atom stereocenters. The standard InChI is InChI=1S/C13H18FN3O/c1-2-17(7-8-3-4-8)12-5-9(13(16)18)11(15)6-10(12)14/h5-6,8H,2-4,7,15H2,1H3,(H2,16,18). The maximum atomic E-state index is 13.9. The Hall–Kier alpha value is -1.78. The third-order valence-corrected chi connectivity index (χ3v) is 3.28. The Kier molecular flexibility index (Phi) is 3.41. The topological polar surface area (TPSA) is 72.3 Å². The van der Waals surface area contributed by atoms with Gasteiger partial charge in [0.2, 0.25) is 0 Å². The lowest BCUT2D eigenvalue weighted by Crippen LogP contribution is -2.27. The van der Waals surface area contributed by atoms with Crippen LogP contribution in [-0.2, 0) is 0 Å². The Labute approximate surface area is 106 Å². The summed E-state index contributed by atoms with van der Waals surface area (Å²) in [6.45, 7) is 3.47. The molecule has 0 spiro atoms. The maximum absolute atomic E-state index is 13.9. The van der Waals surface area contributed by atoms with Crippen molar-refractivity contribution in [3.63, 3.8) is 0 Å². The number of carbonyl (C=O) groups excluding carboxylic acids is 1. The molecular formula is C13H18FN3O. The molecule has 4 N–H and O–H groups in total. The fraction of sp³-hybridized carbons (Fsp3) is 0.462. The minimum atomic E-state index is -0.628. The number of anilines is 2. The van der Waals surface area contributed by atoms with Crippen molar-refractivity contribution >= 4 is 17.3 Å². The summed E-state index contributed by atoms with van der Waals surface area (Å²) in [6, 6.07) is 2.63. The van der Waals surface area contributed by atoms with Crippen molar-refractivity contribution in [2.24, 2.45) is 11.7 Å². The zero-order valence-electron chi connectivity index (χ0n) is 10.4. The van der Waals surface area contributed by atoms with Crippen molar-refractivity contribution in [1.29, 1.82) is 0 Å². The normalized spacial score (nSPS) is 14.6. The van der Waals surface area contributed by atoms with Crippen LogP contribution in [0.3, 0.4) is 0 Å². The van der Waals surface area contributed by atoms with E-state index in [9.17, 15) is 9.18 Å². The molecular weight excluding hydrogens is 233 g/mol. The molecule has 0 heterocycles. The Morgan fingerprint density at radius 1 is 1.50 bits per heavy atom. The van der Waals surface area contributed by atoms with Crippen LogP contribution in [0.25, 0.3) is 0 Å². The SMILES string of the molecule is CCN(CC1CC1)c1cc(C(N)=O)c(N)cc1F. The van der Waals surface area contributed by atoms with Gasteiger partial charge < -0.3 is 16.4 Å². The molecule has 1 amide bonds. The highest BCUT2D eigenvalue weighted by Gasteiger charge is 2.25. The molecule has 0 radical (unpaired) electrons. The summed E-state index contributed by atoms with van der Waals surface area (Å²) >= 11 is 0. The van der Waals surface area contributed by atoms with Gasteiger partial charge in [0, 0.05) is 18.8 Å². The van der Waals surface area contributed by atoms with E-state index in [4.69, 9.17) is 11.5 Å². The monoisotopic (exact) mass is 251 g/mol. The number of primary amides is 1. The van der Waals surface area contributed by atoms with Crippen molar-refractivity contribution in [1.82, 2.24) is 0 Å². The predicted octanol–water partition coefficient (Wildman–Crippen LogP) is 1.74. The molecule has 4 nitrogen and oxygen atoms in total. The van der Waals surface area contributed by atoms with Crippen molar-refractivity contribution in [3.05, 3.63) is 23.5 Å². The van der Waals surface area contributed by atoms with Crippen LogP contribution in [0.4, 0.5) is 15.8 Å². The smallest absolute Gasteiger partial charge is 0.250 e. The molecule has 0 atom stereocenters. The average molecular weight is 251 g/mol. The molecule has 1 aliphatic rings. The minimum Gasteiger partial charge on any atom is -0.398 e. The molecule has 1 aliphatic carbocycles. The number of nitrogen functional groups attached to an aromatic ring is 1. The second-order valence-electron chi connectivity index (χ2n) is 4.74. The van der Waals surface area contributed by atoms with Gasteiger partial charge in [-0.2, -0.15) is 0 Å². The number of hydrogen-bond donors (Lipinski definition) is 2. The van der Waals surface area contributed by atoms with Gasteiger partial charge in [-0.15, -0.1) is 0 Å². The van der Waals surface area contributed by atoms with Crippen molar-refractivity contribution in [3.8, 4) is 0 Å². The molecule has 98 valence electrons. The van der Waals surface area contributed by atoms with Crippen LogP contribution in [0.2, 0.25) is 0 Å². The van der Waals surface area contributed by atoms with E-state index in [1.165, 1.54) is 25.0 Å². The van der Waals surface area contributed by atoms with Gasteiger partial charge in [-0.25, -0.2) is 4.39 Å². The van der Waals surface area contributed by atoms with Gasteiger partial charge >= 0.3 is 0 Å². The maximum Gasteiger partial charge on any atom is 0.250 e. The summed E-state index contributed by atoms with van der Waals surface area (Å²) in [5.41, 5.74) is 11.5. The van der Waals surface area contributed by atoms with E-state index in [1.54, 1.807) is 0 Å². The molecule has 1 saturated carbocycles. The summed E-state index contributed by atoms with van der Waals surface area (Å²) < 4.78 is 13.9. The zero-order chi connectivity index (χ0) is 13.3. The Balaban J connectivity index is 2.34. The van der Waals surface area contributed by atoms with Gasteiger partial charge in [0.15, 0.2) is 0 Å². The molecule has 18 heavy (non-hydrogen) atoms. The zero-order valence-corrected chi connectivity index (χ0v) is 10.4. The molecule has 0 aliphatic heterocycles. The number of halogens is 1. The minimum absolute atomic E-state index is 0.0891. The van der Waals surface area contributed by atoms with Crippen LogP contribution in [0.15, 0.2) is 12.1 Å². The van der Waals surface area contributed by atoms with Crippen molar-refractivity contribution < 1.29 is 9.18 Å². The molecule has 1 aromatic rings. The number of hydrogen-bond acceptors (Lipinski definition) is 3. The second-order valence-corrected chi connectivity index (χ2v) is 4.74. The number of benzene rings is 1. The molecule has 0 aromatic heterocycles. The van der Waals surface area contributed by atoms with Gasteiger partial charge in [0.05, 0.1) is 11.3 Å². The summed E-state index contributed by atoms with van der Waals surface area (Å²) in [7, 11) is 0. The van der Waals surface area contributed by atoms with E-state index in [0.717, 1.165) is 6.54 Å². The van der Waals surface area contributed by atoms with Gasteiger partial charge in [-0.05, 0) is 37.8 Å². The van der Waals surface area contributed by atoms with Crippen LogP contribution >= 0.6 is 0 Å². The summed E-state index contributed by atoms with van der Waals surface area (Å²) in [5, 5.41) is 0. The molecule has 2 rings (SSSR count). The van der Waals surface area contributed by atoms with E-state index >= 15 is 0 Å². The van der Waals surface area contributed by atoms with Crippen LogP contribution in [-0.4, -0.2) is 19.0 Å². The van der Waals surface area contributed by atoms with E-state index < -0.39 is 11.7 Å². The van der Waals surface area contributed by atoms with Crippen molar-refractivity contribution in [2.75, 3.05) is 23.7 Å². The highest BCUT2D eigenvalue weighted by molar-refractivity contribution is 5.99. The number of carbonyl (C=O) groups is 1. The number of nitrogens with two attached hydrogens (primary N) is 2. The third kappa shape index (κ3) is 2.55. The fourth-order valence-corrected chi connectivity index (χ4v) is 2.04.